The van der Waals surface area contributed by atoms with Gasteiger partial charge in [0.1, 0.15) is 7.85 Å². The first-order valence-electron chi connectivity index (χ1n) is 5.57. The summed E-state index contributed by atoms with van der Waals surface area (Å²) in [7, 11) is 16.5. The molecule has 92 valence electrons. The van der Waals surface area contributed by atoms with E-state index >= 15 is 0 Å². The van der Waals surface area contributed by atoms with Crippen LogP contribution in [-0.2, 0) is 0 Å². The maximum Gasteiger partial charge on any atom is 0.358 e. The number of carbonyl (C=O) groups excluding carboxylic acids is 1. The molecule has 8 heteroatoms. The van der Waals surface area contributed by atoms with Crippen molar-refractivity contribution in [3.05, 3.63) is 23.8 Å². The molecule has 1 unspecified atom stereocenters. The van der Waals surface area contributed by atoms with E-state index in [9.17, 15) is 4.79 Å². The molecule has 6 radical (unpaired) electrons. The first-order valence-corrected chi connectivity index (χ1v) is 5.57. The van der Waals surface area contributed by atoms with E-state index in [0.29, 0.717) is 5.75 Å². The van der Waals surface area contributed by atoms with Crippen molar-refractivity contribution in [2.75, 3.05) is 0 Å². The van der Waals surface area contributed by atoms with Crippen LogP contribution in [-0.4, -0.2) is 52.2 Å². The number of carbonyl (C=O) groups is 1. The van der Waals surface area contributed by atoms with Crippen LogP contribution in [0.5, 0.6) is 11.5 Å². The highest BCUT2D eigenvalue weighted by Crippen LogP contribution is 2.35. The molecule has 19 heavy (non-hydrogen) atoms. The molecule has 5 nitrogen and oxygen atoms in total. The highest BCUT2D eigenvalue weighted by Gasteiger charge is 2.30. The zero-order valence-corrected chi connectivity index (χ0v) is 10.3. The Balaban J connectivity index is 2.23. The minimum Gasteiger partial charge on any atom is -0.428 e. The van der Waals surface area contributed by atoms with Crippen LogP contribution in [0.1, 0.15) is 17.3 Å². The largest absolute Gasteiger partial charge is 0.428 e. The molecule has 0 saturated carbocycles. The van der Waals surface area contributed by atoms with Crippen molar-refractivity contribution < 1.29 is 19.4 Å². The number of rotatable bonds is 4. The lowest BCUT2D eigenvalue weighted by atomic mass is 9.69. The molecule has 2 N–H and O–H groups in total. The third kappa shape index (κ3) is 2.96. The summed E-state index contributed by atoms with van der Waals surface area (Å²) in [5.41, 5.74) is -1.13. The van der Waals surface area contributed by atoms with Crippen LogP contribution in [0, 0.1) is 0 Å². The number of benzene rings is 1. The molecular weight excluding hydrogens is 243 g/mol. The van der Waals surface area contributed by atoms with E-state index in [2.05, 4.69) is 5.32 Å². The second-order valence-corrected chi connectivity index (χ2v) is 4.41. The number of ketones is 1. The standard InChI is InChI=1S/C11H10B3NO4/c1-11(14,15-9(12)13)8(16)5-2-3-6-7(4-5)19-10(17)18-6/h2-4,9-10,15,17H,1H3/t10?,11-/m0/s1. The van der Waals surface area contributed by atoms with E-state index in [1.165, 1.54) is 25.1 Å². The fraction of sp³-hybridized carbons (Fsp3) is 0.364. The Hall–Kier alpha value is -1.40. The van der Waals surface area contributed by atoms with Gasteiger partial charge in [-0.15, -0.1) is 0 Å². The molecule has 0 bridgehead atoms. The summed E-state index contributed by atoms with van der Waals surface area (Å²) < 4.78 is 9.89. The summed E-state index contributed by atoms with van der Waals surface area (Å²) in [6.45, 7) is 0.0989. The molecule has 0 aliphatic carbocycles. The fourth-order valence-electron chi connectivity index (χ4n) is 1.79. The number of ether oxygens (including phenoxy) is 2. The molecule has 1 aliphatic rings. The summed E-state index contributed by atoms with van der Waals surface area (Å²) in [5.74, 6) is -0.714. The minimum absolute atomic E-state index is 0.270. The Kier molecular flexibility index (Phi) is 3.65. The second-order valence-electron chi connectivity index (χ2n) is 4.41. The van der Waals surface area contributed by atoms with Gasteiger partial charge >= 0.3 is 6.48 Å². The van der Waals surface area contributed by atoms with Gasteiger partial charge in [-0.25, -0.2) is 0 Å². The number of nitrogens with one attached hydrogen (secondary N) is 1. The third-order valence-corrected chi connectivity index (χ3v) is 2.60. The summed E-state index contributed by atoms with van der Waals surface area (Å²) >= 11 is 0. The van der Waals surface area contributed by atoms with Crippen molar-refractivity contribution in [2.24, 2.45) is 0 Å². The van der Waals surface area contributed by atoms with Crippen LogP contribution in [0.15, 0.2) is 18.2 Å². The lowest BCUT2D eigenvalue weighted by Gasteiger charge is -2.28. The maximum absolute atomic E-state index is 12.2. The SMILES string of the molecule is [B]C([B])N[C@@]([B])(C)C(=O)c1ccc2c(c1)OC(O)O2. The normalized spacial score (nSPS) is 20.3. The summed E-state index contributed by atoms with van der Waals surface area (Å²) in [6, 6.07) is 4.46. The lowest BCUT2D eigenvalue weighted by molar-refractivity contribution is -0.133. The van der Waals surface area contributed by atoms with E-state index in [1.54, 1.807) is 0 Å². The van der Waals surface area contributed by atoms with Crippen LogP contribution < -0.4 is 14.8 Å². The van der Waals surface area contributed by atoms with Crippen molar-refractivity contribution >= 4 is 29.3 Å². The van der Waals surface area contributed by atoms with Crippen molar-refractivity contribution in [2.45, 2.75) is 24.7 Å². The molecule has 1 heterocycles. The Labute approximate surface area is 114 Å². The Bertz CT molecular complexity index is 507. The van der Waals surface area contributed by atoms with E-state index in [1.807, 2.05) is 0 Å². The van der Waals surface area contributed by atoms with Crippen molar-refractivity contribution in [1.29, 1.82) is 0 Å². The molecule has 0 fully saturated rings. The van der Waals surface area contributed by atoms with Gasteiger partial charge in [-0.2, -0.15) is 0 Å². The van der Waals surface area contributed by atoms with Gasteiger partial charge in [0, 0.05) is 11.0 Å². The molecule has 1 aromatic rings. The van der Waals surface area contributed by atoms with Gasteiger partial charge in [-0.1, -0.05) is 5.84 Å². The van der Waals surface area contributed by atoms with Crippen LogP contribution in [0.25, 0.3) is 0 Å². The molecule has 0 aromatic heterocycles. The third-order valence-electron chi connectivity index (χ3n) is 2.60. The van der Waals surface area contributed by atoms with E-state index in [-0.39, 0.29) is 11.3 Å². The smallest absolute Gasteiger partial charge is 0.358 e. The Morgan fingerprint density at radius 1 is 1.42 bits per heavy atom. The number of aliphatic hydroxyl groups is 1. The number of hydrogen-bond acceptors (Lipinski definition) is 5. The molecule has 0 saturated heterocycles. The first kappa shape index (κ1) is 14.0. The van der Waals surface area contributed by atoms with E-state index in [0.717, 1.165) is 0 Å². The van der Waals surface area contributed by atoms with E-state index in [4.69, 9.17) is 38.1 Å². The number of fused-ring (bicyclic) bond motifs is 1. The monoisotopic (exact) mass is 253 g/mol. The molecule has 2 rings (SSSR count). The summed E-state index contributed by atoms with van der Waals surface area (Å²) in [5, 5.41) is 11.7. The van der Waals surface area contributed by atoms with Crippen LogP contribution in [0.4, 0.5) is 0 Å². The zero-order chi connectivity index (χ0) is 14.2. The topological polar surface area (TPSA) is 67.8 Å². The second kappa shape index (κ2) is 4.94. The van der Waals surface area contributed by atoms with Crippen molar-refractivity contribution in [3.8, 4) is 11.5 Å². The predicted octanol–water partition coefficient (Wildman–Crippen LogP) is -0.989. The number of Topliss-reactive ketones (excluding diaryl/α,β-unsaturated/α-hetero) is 1. The molecule has 2 atom stereocenters. The number of hydrogen-bond donors (Lipinski definition) is 2. The molecule has 1 aromatic carbocycles. The zero-order valence-electron chi connectivity index (χ0n) is 10.3. The van der Waals surface area contributed by atoms with Gasteiger partial charge in [-0.05, 0) is 25.1 Å². The summed E-state index contributed by atoms with van der Waals surface area (Å²) in [6.07, 6.45) is 0. The summed E-state index contributed by atoms with van der Waals surface area (Å²) in [4.78, 5) is 12.2. The van der Waals surface area contributed by atoms with Gasteiger partial charge < -0.3 is 19.9 Å². The van der Waals surface area contributed by atoms with E-state index < -0.39 is 23.5 Å². The molecular formula is C11H10B3NO4. The van der Waals surface area contributed by atoms with Gasteiger partial charge in [0.2, 0.25) is 0 Å². The average Bonchev–Trinajstić information content (AvgIpc) is 2.65. The van der Waals surface area contributed by atoms with Gasteiger partial charge in [0.25, 0.3) is 0 Å². The van der Waals surface area contributed by atoms with Crippen LogP contribution in [0.3, 0.4) is 0 Å². The predicted molar refractivity (Wildman–Crippen MR) is 70.6 cm³/mol. The van der Waals surface area contributed by atoms with Crippen molar-refractivity contribution in [1.82, 2.24) is 5.32 Å². The minimum atomic E-state index is -1.42. The Morgan fingerprint density at radius 2 is 2.05 bits per heavy atom. The van der Waals surface area contributed by atoms with Gasteiger partial charge in [0.15, 0.2) is 17.3 Å². The Morgan fingerprint density at radius 3 is 2.68 bits per heavy atom. The number of aliphatic hydroxyl groups excluding tert-OH is 1. The lowest BCUT2D eigenvalue weighted by Crippen LogP contribution is -2.54. The molecule has 0 spiro atoms. The van der Waals surface area contributed by atoms with Crippen LogP contribution >= 0.6 is 0 Å². The van der Waals surface area contributed by atoms with Crippen molar-refractivity contribution in [3.63, 3.8) is 0 Å². The average molecular weight is 253 g/mol. The van der Waals surface area contributed by atoms with Gasteiger partial charge in [-0.3, -0.25) is 4.79 Å². The quantitative estimate of drug-likeness (QED) is 0.532. The maximum atomic E-state index is 12.2. The first-order chi connectivity index (χ1) is 8.79. The molecule has 0 amide bonds. The van der Waals surface area contributed by atoms with Crippen LogP contribution in [0.2, 0.25) is 0 Å². The fourth-order valence-corrected chi connectivity index (χ4v) is 1.79. The van der Waals surface area contributed by atoms with Gasteiger partial charge in [0.05, 0.1) is 15.7 Å². The highest BCUT2D eigenvalue weighted by molar-refractivity contribution is 6.38. The molecule has 1 aliphatic heterocycles. The highest BCUT2D eigenvalue weighted by atomic mass is 16.8.